The first-order chi connectivity index (χ1) is 39.4. The molecule has 0 aromatic heterocycles. The van der Waals surface area contributed by atoms with E-state index in [1.54, 1.807) is 0 Å². The molecular weight excluding hydrogens is 1020 g/mol. The van der Waals surface area contributed by atoms with Gasteiger partial charge in [0.15, 0.2) is 0 Å². The van der Waals surface area contributed by atoms with Crippen LogP contribution in [0.5, 0.6) is 0 Å². The highest BCUT2D eigenvalue weighted by Gasteiger charge is 2.30. The van der Waals surface area contributed by atoms with Crippen LogP contribution in [0.1, 0.15) is 342 Å². The van der Waals surface area contributed by atoms with Gasteiger partial charge in [-0.1, -0.05) is 288 Å². The van der Waals surface area contributed by atoms with Crippen LogP contribution < -0.4 is 5.32 Å². The van der Waals surface area contributed by atoms with E-state index in [4.69, 9.17) is 13.8 Å². The van der Waals surface area contributed by atoms with Crippen molar-refractivity contribution in [1.29, 1.82) is 0 Å². The zero-order valence-corrected chi connectivity index (χ0v) is 55.4. The van der Waals surface area contributed by atoms with Crippen LogP contribution in [0, 0.1) is 0 Å². The molecule has 2 N–H and O–H groups in total. The van der Waals surface area contributed by atoms with E-state index in [0.29, 0.717) is 23.9 Å². The van der Waals surface area contributed by atoms with Gasteiger partial charge in [0.25, 0.3) is 0 Å². The molecule has 0 radical (unpaired) electrons. The van der Waals surface area contributed by atoms with Crippen molar-refractivity contribution in [3.05, 3.63) is 48.6 Å². The molecule has 0 rings (SSSR count). The van der Waals surface area contributed by atoms with Crippen molar-refractivity contribution in [3.8, 4) is 0 Å². The van der Waals surface area contributed by atoms with Crippen LogP contribution in [-0.2, 0) is 27.9 Å². The lowest BCUT2D eigenvalue weighted by Crippen LogP contribution is -2.47. The van der Waals surface area contributed by atoms with E-state index in [1.165, 1.54) is 231 Å². The summed E-state index contributed by atoms with van der Waals surface area (Å²) in [6.07, 6.45) is 77.0. The standard InChI is InChI=1S/C71H135N2O7P/c1-7-10-13-16-19-22-25-27-29-31-32-33-34-35-36-37-38-39-40-42-44-46-49-52-55-58-61-64-71(75)80-69(62-59-56-53-50-47-24-21-18-15-12-9-3)68(67-79-81(76,77)78-66-65-73(4,5)6)72-70(74)63-60-57-54-51-48-45-43-41-30-28-26-23-20-17-14-11-8-2/h20,23,27-30,59,62,68-69H,7-19,21-22,24-26,31-58,60-61,63-67H2,1-6H3,(H-,72,74,76,77)/p+1/b23-20-,29-27+,30-28-,62-59-. The van der Waals surface area contributed by atoms with Gasteiger partial charge in [0.05, 0.1) is 33.8 Å². The molecule has 3 atom stereocenters. The average molecular weight is 1160 g/mol. The van der Waals surface area contributed by atoms with Crippen LogP contribution in [0.4, 0.5) is 0 Å². The quantitative estimate of drug-likeness (QED) is 0.0205. The van der Waals surface area contributed by atoms with Crippen molar-refractivity contribution in [2.75, 3.05) is 40.9 Å². The average Bonchev–Trinajstić information content (AvgIpc) is 3.44. The number of hydrogen-bond acceptors (Lipinski definition) is 6. The maximum Gasteiger partial charge on any atom is 0.472 e. The first-order valence-electron chi connectivity index (χ1n) is 35.0. The number of nitrogens with zero attached hydrogens (tertiary/aromatic N) is 1. The van der Waals surface area contributed by atoms with E-state index in [9.17, 15) is 19.0 Å². The molecule has 10 heteroatoms. The summed E-state index contributed by atoms with van der Waals surface area (Å²) in [5.41, 5.74) is 0. The lowest BCUT2D eigenvalue weighted by Gasteiger charge is -2.27. The molecule has 0 saturated heterocycles. The minimum atomic E-state index is -4.45. The molecule has 476 valence electrons. The SMILES string of the molecule is CCCCC/C=C\C/C=C\CCCCCCCCCC(=O)NC(COP(=O)(O)OCC[N+](C)(C)C)C(/C=C\CCCCCCCCCCC)OC(=O)CCCCCCCCCCCCCCCCCCC/C=C/CCCCCCCC. The Morgan fingerprint density at radius 1 is 0.432 bits per heavy atom. The second-order valence-electron chi connectivity index (χ2n) is 25.0. The molecule has 81 heavy (non-hydrogen) atoms. The highest BCUT2D eigenvalue weighted by Crippen LogP contribution is 2.43. The van der Waals surface area contributed by atoms with Crippen LogP contribution in [0.2, 0.25) is 0 Å². The predicted octanol–water partition coefficient (Wildman–Crippen LogP) is 22.0. The number of rotatable bonds is 64. The van der Waals surface area contributed by atoms with E-state index >= 15 is 0 Å². The lowest BCUT2D eigenvalue weighted by atomic mass is 10.0. The Labute approximate surface area is 503 Å². The lowest BCUT2D eigenvalue weighted by molar-refractivity contribution is -0.870. The number of carbonyl (C=O) groups excluding carboxylic acids is 2. The monoisotopic (exact) mass is 1160 g/mol. The largest absolute Gasteiger partial charge is 0.472 e. The summed E-state index contributed by atoms with van der Waals surface area (Å²) in [7, 11) is 1.50. The molecule has 0 aromatic carbocycles. The molecule has 0 saturated carbocycles. The normalized spacial score (nSPS) is 13.8. The second kappa shape index (κ2) is 61.1. The summed E-state index contributed by atoms with van der Waals surface area (Å²) in [5, 5.41) is 3.06. The Hall–Kier alpha value is -2.03. The van der Waals surface area contributed by atoms with Crippen molar-refractivity contribution < 1.29 is 37.3 Å². The van der Waals surface area contributed by atoms with Gasteiger partial charge >= 0.3 is 13.8 Å². The Morgan fingerprint density at radius 2 is 0.753 bits per heavy atom. The van der Waals surface area contributed by atoms with Gasteiger partial charge in [-0.25, -0.2) is 4.57 Å². The second-order valence-corrected chi connectivity index (χ2v) is 26.5. The maximum atomic E-state index is 13.6. The Kier molecular flexibility index (Phi) is 59.5. The van der Waals surface area contributed by atoms with Gasteiger partial charge in [0, 0.05) is 12.8 Å². The van der Waals surface area contributed by atoms with E-state index in [-0.39, 0.29) is 25.1 Å². The topological polar surface area (TPSA) is 111 Å². The van der Waals surface area contributed by atoms with Crippen molar-refractivity contribution >= 4 is 19.7 Å². The molecule has 0 bridgehead atoms. The molecule has 0 aromatic rings. The summed E-state index contributed by atoms with van der Waals surface area (Å²) in [6, 6.07) is -0.851. The summed E-state index contributed by atoms with van der Waals surface area (Å²) in [5.74, 6) is -0.501. The molecule has 1 amide bonds. The minimum absolute atomic E-state index is 0.0397. The van der Waals surface area contributed by atoms with Crippen LogP contribution >= 0.6 is 7.82 Å². The van der Waals surface area contributed by atoms with Crippen LogP contribution in [-0.4, -0.2) is 74.3 Å². The molecule has 3 unspecified atom stereocenters. The van der Waals surface area contributed by atoms with Crippen molar-refractivity contribution in [1.82, 2.24) is 5.32 Å². The van der Waals surface area contributed by atoms with Gasteiger partial charge in [-0.3, -0.25) is 18.6 Å². The number of amides is 1. The fraction of sp³-hybridized carbons (Fsp3) is 0.859. The smallest absolute Gasteiger partial charge is 0.456 e. The van der Waals surface area contributed by atoms with Gasteiger partial charge in [0.2, 0.25) is 5.91 Å². The van der Waals surface area contributed by atoms with Crippen LogP contribution in [0.25, 0.3) is 0 Å². The van der Waals surface area contributed by atoms with Crippen molar-refractivity contribution in [3.63, 3.8) is 0 Å². The third kappa shape index (κ3) is 62.3. The number of hydrogen-bond donors (Lipinski definition) is 2. The van der Waals surface area contributed by atoms with Gasteiger partial charge in [0.1, 0.15) is 19.3 Å². The Morgan fingerprint density at radius 3 is 1.15 bits per heavy atom. The van der Waals surface area contributed by atoms with Crippen LogP contribution in [0.3, 0.4) is 0 Å². The number of esters is 1. The zero-order chi connectivity index (χ0) is 59.3. The third-order valence-corrected chi connectivity index (χ3v) is 16.7. The van der Waals surface area contributed by atoms with Crippen LogP contribution in [0.15, 0.2) is 48.6 Å². The maximum absolute atomic E-state index is 13.6. The number of unbranched alkanes of at least 4 members (excludes halogenated alkanes) is 42. The van der Waals surface area contributed by atoms with E-state index < -0.39 is 20.0 Å². The predicted molar refractivity (Wildman–Crippen MR) is 351 cm³/mol. The summed E-state index contributed by atoms with van der Waals surface area (Å²) >= 11 is 0. The van der Waals surface area contributed by atoms with Gasteiger partial charge in [-0.15, -0.1) is 0 Å². The van der Waals surface area contributed by atoms with E-state index in [0.717, 1.165) is 77.0 Å². The fourth-order valence-electron chi connectivity index (χ4n) is 10.3. The number of phosphoric acid groups is 1. The summed E-state index contributed by atoms with van der Waals surface area (Å²) < 4.78 is 30.8. The van der Waals surface area contributed by atoms with Crippen molar-refractivity contribution in [2.45, 2.75) is 354 Å². The van der Waals surface area contributed by atoms with Gasteiger partial charge < -0.3 is 19.4 Å². The Bertz CT molecular complexity index is 1520. The summed E-state index contributed by atoms with van der Waals surface area (Å²) in [6.45, 7) is 7.01. The highest BCUT2D eigenvalue weighted by molar-refractivity contribution is 7.47. The fourth-order valence-corrected chi connectivity index (χ4v) is 11.1. The molecular formula is C71H136N2O7P+. The molecule has 0 aliphatic rings. The molecule has 9 nitrogen and oxygen atoms in total. The molecule has 0 heterocycles. The molecule has 0 fully saturated rings. The number of likely N-dealkylation sites (N-methyl/N-ethyl adjacent to an activating group) is 1. The molecule has 0 aliphatic heterocycles. The highest BCUT2D eigenvalue weighted by atomic mass is 31.2. The first-order valence-corrected chi connectivity index (χ1v) is 36.5. The first kappa shape index (κ1) is 79.0. The number of phosphoric ester groups is 1. The number of ether oxygens (including phenoxy) is 1. The molecule has 0 spiro atoms. The number of nitrogens with one attached hydrogen (secondary N) is 1. The van der Waals surface area contributed by atoms with Gasteiger partial charge in [-0.2, -0.15) is 0 Å². The minimum Gasteiger partial charge on any atom is -0.456 e. The zero-order valence-electron chi connectivity index (χ0n) is 54.5. The number of carbonyl (C=O) groups is 2. The Balaban J connectivity index is 4.97. The number of quaternary nitrogens is 1. The van der Waals surface area contributed by atoms with E-state index in [2.05, 4.69) is 62.5 Å². The van der Waals surface area contributed by atoms with E-state index in [1.807, 2.05) is 33.3 Å². The van der Waals surface area contributed by atoms with Gasteiger partial charge in [-0.05, 0) is 89.5 Å². The summed E-state index contributed by atoms with van der Waals surface area (Å²) in [4.78, 5) is 37.8. The van der Waals surface area contributed by atoms with Crippen molar-refractivity contribution in [2.24, 2.45) is 0 Å². The third-order valence-electron chi connectivity index (χ3n) is 15.7. The molecule has 0 aliphatic carbocycles. The number of allylic oxidation sites excluding steroid dienone is 7.